The van der Waals surface area contributed by atoms with E-state index in [-0.39, 0.29) is 12.5 Å². The molecule has 0 aliphatic heterocycles. The summed E-state index contributed by atoms with van der Waals surface area (Å²) >= 11 is 0. The molecule has 6 nitrogen and oxygen atoms in total. The third-order valence-corrected chi connectivity index (χ3v) is 3.43. The Morgan fingerprint density at radius 1 is 0.929 bits per heavy atom. The van der Waals surface area contributed by atoms with Crippen LogP contribution in [0, 0.1) is 0 Å². The molecule has 9 heteroatoms. The van der Waals surface area contributed by atoms with E-state index in [1.165, 1.54) is 24.3 Å². The van der Waals surface area contributed by atoms with Crippen LogP contribution in [0.15, 0.2) is 48.5 Å². The molecule has 0 aliphatic rings. The van der Waals surface area contributed by atoms with Crippen molar-refractivity contribution in [3.8, 4) is 11.5 Å². The summed E-state index contributed by atoms with van der Waals surface area (Å²) in [4.78, 5) is 23.2. The monoisotopic (exact) mass is 396 g/mol. The third kappa shape index (κ3) is 6.49. The second-order valence-corrected chi connectivity index (χ2v) is 5.60. The number of halogens is 3. The van der Waals surface area contributed by atoms with Crippen LogP contribution in [0.1, 0.15) is 12.5 Å². The predicted molar refractivity (Wildman–Crippen MR) is 96.2 cm³/mol. The Balaban J connectivity index is 1.86. The number of amides is 2. The van der Waals surface area contributed by atoms with E-state index in [0.717, 1.165) is 12.1 Å². The van der Waals surface area contributed by atoms with Gasteiger partial charge in [-0.1, -0.05) is 12.1 Å². The summed E-state index contributed by atoms with van der Waals surface area (Å²) in [6.07, 6.45) is -4.57. The SMILES string of the molecule is CCNC(=O)COc1ccc(NC(=O)COc2ccccc2C(F)(F)F)cc1. The number of likely N-dealkylation sites (N-methyl/N-ethyl adjacent to an activating group) is 1. The molecule has 150 valence electrons. The number of hydrogen-bond acceptors (Lipinski definition) is 4. The average Bonchev–Trinajstić information content (AvgIpc) is 2.65. The van der Waals surface area contributed by atoms with Gasteiger partial charge in [0.1, 0.15) is 11.5 Å². The van der Waals surface area contributed by atoms with Crippen molar-refractivity contribution in [1.82, 2.24) is 5.32 Å². The highest BCUT2D eigenvalue weighted by molar-refractivity contribution is 5.91. The number of rotatable bonds is 8. The van der Waals surface area contributed by atoms with Crippen molar-refractivity contribution in [3.63, 3.8) is 0 Å². The van der Waals surface area contributed by atoms with E-state index in [0.29, 0.717) is 18.0 Å². The number of hydrogen-bond donors (Lipinski definition) is 2. The van der Waals surface area contributed by atoms with Crippen LogP contribution < -0.4 is 20.1 Å². The molecule has 28 heavy (non-hydrogen) atoms. The highest BCUT2D eigenvalue weighted by Crippen LogP contribution is 2.35. The summed E-state index contributed by atoms with van der Waals surface area (Å²) in [7, 11) is 0. The van der Waals surface area contributed by atoms with Crippen molar-refractivity contribution in [2.75, 3.05) is 25.1 Å². The van der Waals surface area contributed by atoms with Crippen LogP contribution in [-0.4, -0.2) is 31.6 Å². The third-order valence-electron chi connectivity index (χ3n) is 3.43. The fraction of sp³-hybridized carbons (Fsp3) is 0.263. The largest absolute Gasteiger partial charge is 0.484 e. The van der Waals surface area contributed by atoms with E-state index in [1.54, 1.807) is 19.1 Å². The standard InChI is InChI=1S/C19H19F3N2O4/c1-2-23-17(25)11-27-14-9-7-13(8-10-14)24-18(26)12-28-16-6-4-3-5-15(16)19(20,21)22/h3-10H,2,11-12H2,1H3,(H,23,25)(H,24,26). The molecule has 2 aromatic rings. The summed E-state index contributed by atoms with van der Waals surface area (Å²) in [5, 5.41) is 5.09. The molecule has 0 saturated carbocycles. The van der Waals surface area contributed by atoms with Gasteiger partial charge >= 0.3 is 6.18 Å². The highest BCUT2D eigenvalue weighted by atomic mass is 19.4. The maximum Gasteiger partial charge on any atom is 0.419 e. The first-order chi connectivity index (χ1) is 13.3. The van der Waals surface area contributed by atoms with Crippen molar-refractivity contribution in [1.29, 1.82) is 0 Å². The average molecular weight is 396 g/mol. The summed E-state index contributed by atoms with van der Waals surface area (Å²) in [6.45, 7) is 1.58. The minimum Gasteiger partial charge on any atom is -0.484 e. The van der Waals surface area contributed by atoms with E-state index in [2.05, 4.69) is 10.6 Å². The van der Waals surface area contributed by atoms with Gasteiger partial charge in [0.15, 0.2) is 13.2 Å². The second-order valence-electron chi connectivity index (χ2n) is 5.60. The number of ether oxygens (including phenoxy) is 2. The highest BCUT2D eigenvalue weighted by Gasteiger charge is 2.34. The summed E-state index contributed by atoms with van der Waals surface area (Å²) < 4.78 is 49.0. The lowest BCUT2D eigenvalue weighted by Crippen LogP contribution is -2.28. The van der Waals surface area contributed by atoms with Crippen LogP contribution in [0.5, 0.6) is 11.5 Å². The van der Waals surface area contributed by atoms with E-state index in [1.807, 2.05) is 0 Å². The van der Waals surface area contributed by atoms with Crippen molar-refractivity contribution in [2.24, 2.45) is 0 Å². The maximum absolute atomic E-state index is 12.9. The molecule has 0 aliphatic carbocycles. The van der Waals surface area contributed by atoms with Crippen LogP contribution in [-0.2, 0) is 15.8 Å². The number of anilines is 1. The Hall–Kier alpha value is -3.23. The summed E-state index contributed by atoms with van der Waals surface area (Å²) in [5.74, 6) is -0.858. The Kier molecular flexibility index (Phi) is 7.25. The number of para-hydroxylation sites is 1. The summed E-state index contributed by atoms with van der Waals surface area (Å²) in [5.41, 5.74) is -0.542. The van der Waals surface area contributed by atoms with Gasteiger partial charge in [0.2, 0.25) is 0 Å². The molecule has 0 spiro atoms. The van der Waals surface area contributed by atoms with Crippen LogP contribution in [0.3, 0.4) is 0 Å². The molecule has 0 atom stereocenters. The Bertz CT molecular complexity index is 808. The van der Waals surface area contributed by atoms with Crippen molar-refractivity contribution >= 4 is 17.5 Å². The van der Waals surface area contributed by atoms with Gasteiger partial charge in [-0.3, -0.25) is 9.59 Å². The minimum absolute atomic E-state index is 0.133. The predicted octanol–water partition coefficient (Wildman–Crippen LogP) is 3.24. The van der Waals surface area contributed by atoms with E-state index < -0.39 is 30.0 Å². The lowest BCUT2D eigenvalue weighted by molar-refractivity contribution is -0.139. The Morgan fingerprint density at radius 2 is 1.57 bits per heavy atom. The smallest absolute Gasteiger partial charge is 0.419 e. The molecule has 0 radical (unpaired) electrons. The first-order valence-electron chi connectivity index (χ1n) is 8.38. The van der Waals surface area contributed by atoms with Gasteiger partial charge in [0.25, 0.3) is 11.8 Å². The van der Waals surface area contributed by atoms with E-state index >= 15 is 0 Å². The molecule has 2 N–H and O–H groups in total. The molecule has 0 saturated heterocycles. The van der Waals surface area contributed by atoms with Crippen molar-refractivity contribution in [3.05, 3.63) is 54.1 Å². The van der Waals surface area contributed by atoms with E-state index in [9.17, 15) is 22.8 Å². The van der Waals surface area contributed by atoms with Crippen LogP contribution in [0.2, 0.25) is 0 Å². The lowest BCUT2D eigenvalue weighted by atomic mass is 10.2. The molecular formula is C19H19F3N2O4. The minimum atomic E-state index is -4.57. The van der Waals surface area contributed by atoms with Gasteiger partial charge in [-0.05, 0) is 43.3 Å². The van der Waals surface area contributed by atoms with Crippen LogP contribution >= 0.6 is 0 Å². The first-order valence-corrected chi connectivity index (χ1v) is 8.38. The first kappa shape index (κ1) is 21.1. The lowest BCUT2D eigenvalue weighted by Gasteiger charge is -2.13. The zero-order chi connectivity index (χ0) is 20.6. The molecule has 0 bridgehead atoms. The number of benzene rings is 2. The molecule has 0 unspecified atom stereocenters. The molecule has 0 heterocycles. The number of carbonyl (C=O) groups excluding carboxylic acids is 2. The zero-order valence-electron chi connectivity index (χ0n) is 15.0. The van der Waals surface area contributed by atoms with Gasteiger partial charge in [-0.25, -0.2) is 0 Å². The normalized spacial score (nSPS) is 10.9. The van der Waals surface area contributed by atoms with Crippen molar-refractivity contribution in [2.45, 2.75) is 13.1 Å². The van der Waals surface area contributed by atoms with Crippen molar-refractivity contribution < 1.29 is 32.2 Å². The number of nitrogens with one attached hydrogen (secondary N) is 2. The summed E-state index contributed by atoms with van der Waals surface area (Å²) in [6, 6.07) is 10.8. The second kappa shape index (κ2) is 9.63. The number of alkyl halides is 3. The topological polar surface area (TPSA) is 76.7 Å². The molecule has 2 amide bonds. The molecule has 0 aromatic heterocycles. The van der Waals surface area contributed by atoms with Gasteiger partial charge < -0.3 is 20.1 Å². The maximum atomic E-state index is 12.9. The zero-order valence-corrected chi connectivity index (χ0v) is 15.0. The number of carbonyl (C=O) groups is 2. The van der Waals surface area contributed by atoms with Gasteiger partial charge in [-0.2, -0.15) is 13.2 Å². The molecule has 2 rings (SSSR count). The van der Waals surface area contributed by atoms with Gasteiger partial charge in [0.05, 0.1) is 5.56 Å². The Labute approximate surface area is 159 Å². The Morgan fingerprint density at radius 3 is 2.21 bits per heavy atom. The van der Waals surface area contributed by atoms with Crippen LogP contribution in [0.4, 0.5) is 18.9 Å². The van der Waals surface area contributed by atoms with Gasteiger partial charge in [-0.15, -0.1) is 0 Å². The van der Waals surface area contributed by atoms with Crippen LogP contribution in [0.25, 0.3) is 0 Å². The fourth-order valence-electron chi connectivity index (χ4n) is 2.20. The van der Waals surface area contributed by atoms with Gasteiger partial charge in [0, 0.05) is 12.2 Å². The quantitative estimate of drug-likeness (QED) is 0.718. The fourth-order valence-corrected chi connectivity index (χ4v) is 2.20. The van der Waals surface area contributed by atoms with E-state index in [4.69, 9.17) is 9.47 Å². The molecular weight excluding hydrogens is 377 g/mol. The molecule has 2 aromatic carbocycles. The molecule has 0 fully saturated rings.